The molecule has 2 spiro atoms. The van der Waals surface area contributed by atoms with Gasteiger partial charge in [-0.05, 0) is 119 Å². The van der Waals surface area contributed by atoms with Crippen molar-refractivity contribution in [2.75, 3.05) is 19.7 Å². The van der Waals surface area contributed by atoms with E-state index < -0.39 is 0 Å². The Morgan fingerprint density at radius 2 is 2.05 bits per heavy atom. The lowest BCUT2D eigenvalue weighted by molar-refractivity contribution is -0.117. The molecule has 1 unspecified atom stereocenters. The van der Waals surface area contributed by atoms with Crippen LogP contribution in [0.2, 0.25) is 0 Å². The van der Waals surface area contributed by atoms with E-state index in [9.17, 15) is 4.79 Å². The first-order chi connectivity index (χ1) is 20.3. The molecule has 1 saturated heterocycles. The minimum Gasteiger partial charge on any atom is -0.477 e. The van der Waals surface area contributed by atoms with E-state index in [1.54, 1.807) is 4.68 Å². The largest absolute Gasteiger partial charge is 0.477 e. The highest BCUT2D eigenvalue weighted by Gasteiger charge is 2.85. The number of nitrogens with zero attached hydrogens (tertiary/aromatic N) is 5. The molecule has 3 saturated carbocycles. The summed E-state index contributed by atoms with van der Waals surface area (Å²) in [6, 6.07) is 7.77. The predicted molar refractivity (Wildman–Crippen MR) is 165 cm³/mol. The van der Waals surface area contributed by atoms with Gasteiger partial charge in [0.25, 0.3) is 5.91 Å². The predicted octanol–water partition coefficient (Wildman–Crippen LogP) is 5.04. The van der Waals surface area contributed by atoms with Crippen LogP contribution in [0, 0.1) is 22.7 Å². The lowest BCUT2D eigenvalue weighted by Gasteiger charge is -2.34. The van der Waals surface area contributed by atoms with Gasteiger partial charge in [0.1, 0.15) is 10.7 Å². The van der Waals surface area contributed by atoms with E-state index in [1.165, 1.54) is 37.6 Å². The second-order valence-corrected chi connectivity index (χ2v) is 14.1. The second-order valence-electron chi connectivity index (χ2n) is 13.3. The number of amides is 1. The van der Waals surface area contributed by atoms with Crippen LogP contribution in [0.4, 0.5) is 0 Å². The summed E-state index contributed by atoms with van der Waals surface area (Å²) in [4.78, 5) is 24.8. The van der Waals surface area contributed by atoms with E-state index >= 15 is 0 Å². The number of nitrogens with one attached hydrogen (secondary N) is 2. The molecular weight excluding hydrogens is 546 g/mol. The number of aromatic nitrogens is 3. The zero-order valence-corrected chi connectivity index (χ0v) is 25.5. The molecule has 4 bridgehead atoms. The van der Waals surface area contributed by atoms with E-state index in [0.717, 1.165) is 55.5 Å². The highest BCUT2D eigenvalue weighted by atomic mass is 32.2. The van der Waals surface area contributed by atoms with E-state index in [-0.39, 0.29) is 11.4 Å². The third-order valence-corrected chi connectivity index (χ3v) is 11.1. The van der Waals surface area contributed by atoms with Gasteiger partial charge >= 0.3 is 0 Å². The molecule has 9 nitrogen and oxygen atoms in total. The Labute approximate surface area is 252 Å². The minimum absolute atomic E-state index is 0.165. The Morgan fingerprint density at radius 1 is 1.24 bits per heavy atom. The molecule has 42 heavy (non-hydrogen) atoms. The van der Waals surface area contributed by atoms with Crippen LogP contribution in [0.5, 0.6) is 5.88 Å². The molecule has 4 fully saturated rings. The lowest BCUT2D eigenvalue weighted by Crippen LogP contribution is -2.42. The second kappa shape index (κ2) is 10.6. The average molecular weight is 588 g/mol. The van der Waals surface area contributed by atoms with Crippen molar-refractivity contribution in [1.82, 2.24) is 29.7 Å². The van der Waals surface area contributed by atoms with Crippen molar-refractivity contribution >= 4 is 30.4 Å². The van der Waals surface area contributed by atoms with Crippen LogP contribution >= 0.6 is 11.9 Å². The number of carbonyl (C=O) groups excluding carboxylic acids is 1. The van der Waals surface area contributed by atoms with Gasteiger partial charge in [-0.2, -0.15) is 0 Å². The summed E-state index contributed by atoms with van der Waals surface area (Å²) in [5.41, 5.74) is 2.78. The lowest BCUT2D eigenvalue weighted by atomic mass is 9.94. The van der Waals surface area contributed by atoms with Crippen molar-refractivity contribution in [3.63, 3.8) is 0 Å². The van der Waals surface area contributed by atoms with Crippen LogP contribution in [0.25, 0.3) is 5.82 Å². The van der Waals surface area contributed by atoms with Crippen molar-refractivity contribution in [1.29, 1.82) is 0 Å². The van der Waals surface area contributed by atoms with Gasteiger partial charge in [-0.15, -0.1) is 5.10 Å². The highest BCUT2D eigenvalue weighted by Crippen LogP contribution is 2.93. The van der Waals surface area contributed by atoms with Gasteiger partial charge in [0.2, 0.25) is 5.88 Å². The SMILES string of the molecule is C=N/C(=C\C=C1\C(=O)NSc2cccc(n2)CNCCC2CN1C(C)(C)C2)n1ccc(OCCC2C3(CC3)C23CC3)n1. The molecule has 10 heteroatoms. The van der Waals surface area contributed by atoms with Gasteiger partial charge in [0.15, 0.2) is 5.82 Å². The van der Waals surface area contributed by atoms with E-state index in [4.69, 9.17) is 4.74 Å². The van der Waals surface area contributed by atoms with Crippen LogP contribution in [0.1, 0.15) is 64.5 Å². The summed E-state index contributed by atoms with van der Waals surface area (Å²) in [5, 5.41) is 8.90. The molecular formula is C32H41N7O2S. The molecule has 2 aliphatic heterocycles. The van der Waals surface area contributed by atoms with Gasteiger partial charge in [-0.3, -0.25) is 9.52 Å². The molecule has 0 aromatic carbocycles. The van der Waals surface area contributed by atoms with E-state index in [0.29, 0.717) is 40.8 Å². The topological polar surface area (TPSA) is 96.7 Å². The monoisotopic (exact) mass is 587 g/mol. The Hall–Kier alpha value is -3.11. The number of hydrogen-bond donors (Lipinski definition) is 2. The fourth-order valence-corrected chi connectivity index (χ4v) is 8.69. The number of ether oxygens (including phenoxy) is 1. The maximum absolute atomic E-state index is 13.7. The van der Waals surface area contributed by atoms with Crippen molar-refractivity contribution in [3.05, 3.63) is 54.0 Å². The molecule has 2 aromatic heterocycles. The zero-order chi connectivity index (χ0) is 29.0. The Kier molecular flexibility index (Phi) is 6.96. The summed E-state index contributed by atoms with van der Waals surface area (Å²) in [6.07, 6.45) is 14.4. The molecule has 4 heterocycles. The third kappa shape index (κ3) is 5.06. The average Bonchev–Trinajstić information content (AvgIpc) is 3.93. The summed E-state index contributed by atoms with van der Waals surface area (Å²) >= 11 is 1.24. The quantitative estimate of drug-likeness (QED) is 0.266. The van der Waals surface area contributed by atoms with E-state index in [1.807, 2.05) is 42.6 Å². The van der Waals surface area contributed by atoms with Gasteiger partial charge in [0, 0.05) is 42.8 Å². The molecule has 3 aliphatic carbocycles. The van der Waals surface area contributed by atoms with Crippen LogP contribution < -0.4 is 14.8 Å². The third-order valence-electron chi connectivity index (χ3n) is 10.4. The molecule has 5 aliphatic rings. The fourth-order valence-electron chi connectivity index (χ4n) is 8.08. The number of aliphatic imine (C=N–C) groups is 1. The molecule has 1 amide bonds. The minimum atomic E-state index is -0.170. The zero-order valence-electron chi connectivity index (χ0n) is 24.6. The smallest absolute Gasteiger partial charge is 0.277 e. The summed E-state index contributed by atoms with van der Waals surface area (Å²) in [5.74, 6) is 2.29. The number of allylic oxidation sites excluding steroid dienone is 2. The first-order valence-electron chi connectivity index (χ1n) is 15.3. The van der Waals surface area contributed by atoms with Crippen LogP contribution in [0.3, 0.4) is 0 Å². The number of hydrogen-bond acceptors (Lipinski definition) is 8. The van der Waals surface area contributed by atoms with Gasteiger partial charge < -0.3 is 15.0 Å². The Morgan fingerprint density at radius 3 is 2.81 bits per heavy atom. The fraction of sp³-hybridized carbons (Fsp3) is 0.562. The first kappa shape index (κ1) is 27.7. The van der Waals surface area contributed by atoms with Crippen LogP contribution in [-0.2, 0) is 11.3 Å². The van der Waals surface area contributed by atoms with E-state index in [2.05, 4.69) is 50.6 Å². The van der Waals surface area contributed by atoms with Crippen molar-refractivity contribution in [2.24, 2.45) is 27.7 Å². The van der Waals surface area contributed by atoms with Gasteiger partial charge in [0.05, 0.1) is 12.3 Å². The molecule has 0 radical (unpaired) electrons. The van der Waals surface area contributed by atoms with Crippen LogP contribution in [-0.4, -0.2) is 57.5 Å². The summed E-state index contributed by atoms with van der Waals surface area (Å²) in [6.45, 7) is 11.3. The van der Waals surface area contributed by atoms with Crippen molar-refractivity contribution < 1.29 is 9.53 Å². The number of fused-ring (bicyclic) bond motifs is 5. The van der Waals surface area contributed by atoms with Crippen LogP contribution in [0.15, 0.2) is 58.3 Å². The van der Waals surface area contributed by atoms with Crippen molar-refractivity contribution in [3.8, 4) is 5.88 Å². The maximum atomic E-state index is 13.7. The normalized spacial score (nSPS) is 26.7. The first-order valence-corrected chi connectivity index (χ1v) is 16.1. The molecule has 2 aromatic rings. The number of rotatable bonds is 7. The van der Waals surface area contributed by atoms with Crippen molar-refractivity contribution in [2.45, 2.75) is 75.9 Å². The molecule has 222 valence electrons. The standard InChI is InChI=1S/C32H41N7O2S/c1-30(2)19-22-9-16-34-20-23-5-4-6-28(35-23)42-37-29(40)24(38(30)21-22)7-8-26(33-3)39-17-10-27(36-39)41-18-11-25-31(12-13-31)32(25)14-15-32/h4-8,10,17,22,25,34H,3,9,11-16,18-21H2,1-2H3,(H,37,40)/b24-7-,26-8+. The number of carbonyl (C=O) groups is 1. The highest BCUT2D eigenvalue weighted by molar-refractivity contribution is 7.97. The molecule has 7 rings (SSSR count). The van der Waals surface area contributed by atoms with Gasteiger partial charge in [-0.1, -0.05) is 6.07 Å². The molecule has 2 N–H and O–H groups in total. The number of pyridine rings is 1. The summed E-state index contributed by atoms with van der Waals surface area (Å²) in [7, 11) is 0. The maximum Gasteiger partial charge on any atom is 0.277 e. The Bertz CT molecular complexity index is 1420. The summed E-state index contributed by atoms with van der Waals surface area (Å²) < 4.78 is 10.7. The van der Waals surface area contributed by atoms with Gasteiger partial charge in [-0.25, -0.2) is 14.7 Å². The molecule has 1 atom stereocenters. The Balaban J connectivity index is 1.08.